The molecule has 0 aliphatic carbocycles. The molecular formula is C51H92NO9P. The van der Waals surface area contributed by atoms with Gasteiger partial charge in [0.25, 0.3) is 0 Å². The molecule has 0 spiro atoms. The molecule has 360 valence electrons. The van der Waals surface area contributed by atoms with E-state index in [-0.39, 0.29) is 13.0 Å². The molecule has 0 rings (SSSR count). The number of allylic oxidation sites excluding steroid dienone is 10. The molecule has 0 saturated carbocycles. The Balaban J connectivity index is 4.20. The molecule has 3 unspecified atom stereocenters. The van der Waals surface area contributed by atoms with Gasteiger partial charge >= 0.3 is 19.8 Å². The molecule has 0 aliphatic heterocycles. The third-order valence-corrected chi connectivity index (χ3v) is 11.5. The summed E-state index contributed by atoms with van der Waals surface area (Å²) in [5.41, 5.74) is 5.37. The van der Waals surface area contributed by atoms with Gasteiger partial charge in [0.2, 0.25) is 0 Å². The highest BCUT2D eigenvalue weighted by Gasteiger charge is 2.27. The zero-order valence-corrected chi connectivity index (χ0v) is 40.3. The molecule has 0 fully saturated rings. The fourth-order valence-corrected chi connectivity index (χ4v) is 7.53. The van der Waals surface area contributed by atoms with Crippen molar-refractivity contribution < 1.29 is 42.7 Å². The Kier molecular flexibility index (Phi) is 44.9. The van der Waals surface area contributed by atoms with E-state index in [1.165, 1.54) is 103 Å². The lowest BCUT2D eigenvalue weighted by Gasteiger charge is -2.20. The fraction of sp³-hybridized carbons (Fsp3) is 0.765. The number of aliphatic carboxylic acids is 1. The summed E-state index contributed by atoms with van der Waals surface area (Å²) in [5, 5.41) is 8.92. The van der Waals surface area contributed by atoms with Crippen molar-refractivity contribution in [3.05, 3.63) is 60.8 Å². The minimum Gasteiger partial charge on any atom is -0.480 e. The first-order chi connectivity index (χ1) is 30.2. The minimum absolute atomic E-state index is 0.00915. The SMILES string of the molecule is CC/C=C\C/C=C\C/C=C\C/C=C\C/C=C\CCCCCCCC(=O)OC(COCCCCCCCCCCCCCCCCCCCCC)COP(=O)(O)OCC(N)C(=O)O. The van der Waals surface area contributed by atoms with Crippen LogP contribution in [-0.4, -0.2) is 60.5 Å². The topological polar surface area (TPSA) is 155 Å². The molecule has 0 amide bonds. The van der Waals surface area contributed by atoms with E-state index in [1.807, 2.05) is 0 Å². The lowest BCUT2D eigenvalue weighted by atomic mass is 10.0. The van der Waals surface area contributed by atoms with Crippen molar-refractivity contribution in [2.24, 2.45) is 5.73 Å². The van der Waals surface area contributed by atoms with Crippen LogP contribution in [0.1, 0.15) is 213 Å². The molecule has 0 saturated heterocycles. The molecule has 4 N–H and O–H groups in total. The number of unbranched alkanes of at least 4 members (excludes halogenated alkanes) is 23. The van der Waals surface area contributed by atoms with Crippen LogP contribution in [0.3, 0.4) is 0 Å². The van der Waals surface area contributed by atoms with Crippen LogP contribution in [0.25, 0.3) is 0 Å². The number of phosphoric acid groups is 1. The van der Waals surface area contributed by atoms with Gasteiger partial charge in [-0.25, -0.2) is 4.57 Å². The Morgan fingerprint density at radius 2 is 0.935 bits per heavy atom. The van der Waals surface area contributed by atoms with Crippen molar-refractivity contribution in [2.75, 3.05) is 26.4 Å². The largest absolute Gasteiger partial charge is 0.480 e. The number of phosphoric ester groups is 1. The molecular weight excluding hydrogens is 802 g/mol. The average molecular weight is 894 g/mol. The first kappa shape index (κ1) is 59.7. The highest BCUT2D eigenvalue weighted by Crippen LogP contribution is 2.43. The molecule has 0 bridgehead atoms. The summed E-state index contributed by atoms with van der Waals surface area (Å²) in [5.74, 6) is -1.79. The van der Waals surface area contributed by atoms with E-state index in [0.29, 0.717) is 13.0 Å². The number of rotatable bonds is 47. The van der Waals surface area contributed by atoms with Gasteiger partial charge in [0.15, 0.2) is 0 Å². The monoisotopic (exact) mass is 894 g/mol. The Bertz CT molecular complexity index is 1220. The number of hydrogen-bond acceptors (Lipinski definition) is 8. The summed E-state index contributed by atoms with van der Waals surface area (Å²) in [7, 11) is -4.63. The summed E-state index contributed by atoms with van der Waals surface area (Å²) < 4.78 is 33.5. The van der Waals surface area contributed by atoms with Gasteiger partial charge in [0.1, 0.15) is 12.1 Å². The standard InChI is InChI=1S/C51H92NO9P/c1-3-5-7-9-11-13-15-17-19-21-23-24-25-27-29-31-33-35-37-39-41-43-50(53)61-48(46-59-62(56,57)60-47-49(52)51(54)55)45-58-44-42-40-38-36-34-32-30-28-26-22-20-18-16-14-12-10-8-6-4-2/h5,7,11,13,17,19,23-24,27,29,48-49H,3-4,6,8-10,12,14-16,18,20-22,25-26,28,30-47,52H2,1-2H3,(H,54,55)(H,56,57)/b7-5-,13-11-,19-17-,24-23-,29-27-. The summed E-state index contributed by atoms with van der Waals surface area (Å²) in [6, 6.07) is -1.48. The first-order valence-electron chi connectivity index (χ1n) is 24.8. The van der Waals surface area contributed by atoms with E-state index in [0.717, 1.165) is 83.5 Å². The van der Waals surface area contributed by atoms with Crippen molar-refractivity contribution in [3.8, 4) is 0 Å². The van der Waals surface area contributed by atoms with Crippen LogP contribution in [0.2, 0.25) is 0 Å². The summed E-state index contributed by atoms with van der Waals surface area (Å²) in [6.45, 7) is 3.77. The van der Waals surface area contributed by atoms with Crippen molar-refractivity contribution in [3.63, 3.8) is 0 Å². The van der Waals surface area contributed by atoms with Crippen LogP contribution in [-0.2, 0) is 32.7 Å². The zero-order valence-electron chi connectivity index (χ0n) is 39.5. The third-order valence-electron chi connectivity index (χ3n) is 10.6. The highest BCUT2D eigenvalue weighted by atomic mass is 31.2. The number of hydrogen-bond donors (Lipinski definition) is 3. The molecule has 62 heavy (non-hydrogen) atoms. The maximum absolute atomic E-state index is 12.7. The Hall–Kier alpha value is -2.33. The quantitative estimate of drug-likeness (QED) is 0.0233. The number of carboxylic acids is 1. The molecule has 0 aromatic carbocycles. The van der Waals surface area contributed by atoms with Gasteiger partial charge in [-0.3, -0.25) is 18.6 Å². The number of esters is 1. The lowest BCUT2D eigenvalue weighted by Crippen LogP contribution is -2.34. The molecule has 10 nitrogen and oxygen atoms in total. The molecule has 11 heteroatoms. The number of carbonyl (C=O) groups excluding carboxylic acids is 1. The van der Waals surface area contributed by atoms with Crippen LogP contribution >= 0.6 is 7.82 Å². The molecule has 0 aliphatic rings. The Morgan fingerprint density at radius 1 is 0.532 bits per heavy atom. The lowest BCUT2D eigenvalue weighted by molar-refractivity contribution is -0.154. The Morgan fingerprint density at radius 3 is 1.40 bits per heavy atom. The third kappa shape index (κ3) is 45.7. The van der Waals surface area contributed by atoms with E-state index in [2.05, 4.69) is 74.6 Å². The second-order valence-corrected chi connectivity index (χ2v) is 18.0. The first-order valence-corrected chi connectivity index (χ1v) is 26.3. The summed E-state index contributed by atoms with van der Waals surface area (Å²) in [4.78, 5) is 33.7. The number of carboxylic acid groups (broad SMARTS) is 1. The van der Waals surface area contributed by atoms with E-state index >= 15 is 0 Å². The van der Waals surface area contributed by atoms with E-state index in [4.69, 9.17) is 29.4 Å². The van der Waals surface area contributed by atoms with Crippen molar-refractivity contribution in [1.29, 1.82) is 0 Å². The molecule has 0 heterocycles. The van der Waals surface area contributed by atoms with E-state index in [1.54, 1.807) is 0 Å². The van der Waals surface area contributed by atoms with Crippen molar-refractivity contribution in [2.45, 2.75) is 225 Å². The predicted molar refractivity (Wildman–Crippen MR) is 258 cm³/mol. The number of ether oxygens (including phenoxy) is 2. The maximum Gasteiger partial charge on any atom is 0.472 e. The van der Waals surface area contributed by atoms with Gasteiger partial charge in [0, 0.05) is 13.0 Å². The van der Waals surface area contributed by atoms with Crippen LogP contribution in [0, 0.1) is 0 Å². The van der Waals surface area contributed by atoms with Crippen LogP contribution in [0.4, 0.5) is 0 Å². The maximum atomic E-state index is 12.7. The molecule has 0 aromatic heterocycles. The van der Waals surface area contributed by atoms with Gasteiger partial charge in [-0.1, -0.05) is 209 Å². The highest BCUT2D eigenvalue weighted by molar-refractivity contribution is 7.47. The zero-order chi connectivity index (χ0) is 45.5. The van der Waals surface area contributed by atoms with Gasteiger partial charge < -0.3 is 25.2 Å². The van der Waals surface area contributed by atoms with E-state index in [9.17, 15) is 19.0 Å². The fourth-order valence-electron chi connectivity index (χ4n) is 6.75. The van der Waals surface area contributed by atoms with Crippen molar-refractivity contribution in [1.82, 2.24) is 0 Å². The Labute approximate surface area is 379 Å². The van der Waals surface area contributed by atoms with Gasteiger partial charge in [0.05, 0.1) is 19.8 Å². The smallest absolute Gasteiger partial charge is 0.472 e. The van der Waals surface area contributed by atoms with Gasteiger partial charge in [-0.05, 0) is 57.8 Å². The average Bonchev–Trinajstić information content (AvgIpc) is 3.25. The summed E-state index contributed by atoms with van der Waals surface area (Å²) >= 11 is 0. The molecule has 3 atom stereocenters. The van der Waals surface area contributed by atoms with Crippen LogP contribution in [0.15, 0.2) is 60.8 Å². The van der Waals surface area contributed by atoms with Crippen LogP contribution in [0.5, 0.6) is 0 Å². The predicted octanol–water partition coefficient (Wildman–Crippen LogP) is 14.4. The minimum atomic E-state index is -4.63. The van der Waals surface area contributed by atoms with Crippen molar-refractivity contribution >= 4 is 19.8 Å². The van der Waals surface area contributed by atoms with E-state index < -0.39 is 45.1 Å². The van der Waals surface area contributed by atoms with Crippen LogP contribution < -0.4 is 5.73 Å². The second-order valence-electron chi connectivity index (χ2n) is 16.6. The normalized spacial score (nSPS) is 14.3. The number of nitrogens with two attached hydrogens (primary N) is 1. The van der Waals surface area contributed by atoms with Gasteiger partial charge in [-0.15, -0.1) is 0 Å². The number of carbonyl (C=O) groups is 2. The molecule has 0 radical (unpaired) electrons. The second kappa shape index (κ2) is 46.7. The van der Waals surface area contributed by atoms with Gasteiger partial charge in [-0.2, -0.15) is 0 Å². The summed E-state index contributed by atoms with van der Waals surface area (Å²) in [6.07, 6.45) is 57.0. The molecule has 0 aromatic rings.